The van der Waals surface area contributed by atoms with Crippen LogP contribution in [0.5, 0.6) is 0 Å². The van der Waals surface area contributed by atoms with Crippen molar-refractivity contribution in [1.29, 1.82) is 0 Å². The topological polar surface area (TPSA) is 180 Å². The standard InChI is InChI=1S/C32H40N4O10SSi/c1-20(46-48(5,6)32(2,3)4)27-25-17-26(47-16-15-33-31(39)45-19-22-9-13-24(14-10-22)36(42)43)28(34(25)29(27)37)30(38)44-18-21-7-11-23(12-8-21)35(40)41/h7-14,20,25,27H,15-19H2,1-6H3,(H,33,39)/t20-,25-,27-/m1/s1. The maximum Gasteiger partial charge on any atom is 0.407 e. The van der Waals surface area contributed by atoms with E-state index in [2.05, 4.69) is 39.2 Å². The number of β-lactam (4-membered cyclic amide) rings is 1. The molecular weight excluding hydrogens is 661 g/mol. The lowest BCUT2D eigenvalue weighted by Gasteiger charge is -2.48. The molecule has 0 saturated carbocycles. The molecule has 2 aliphatic heterocycles. The van der Waals surface area contributed by atoms with Gasteiger partial charge in [0.15, 0.2) is 8.32 Å². The first-order chi connectivity index (χ1) is 22.5. The van der Waals surface area contributed by atoms with E-state index in [1.165, 1.54) is 65.2 Å². The first-order valence-electron chi connectivity index (χ1n) is 15.4. The van der Waals surface area contributed by atoms with E-state index in [0.29, 0.717) is 28.2 Å². The number of esters is 1. The number of fused-ring (bicyclic) bond motifs is 1. The number of non-ortho nitro benzene ring substituents is 2. The van der Waals surface area contributed by atoms with E-state index >= 15 is 0 Å². The maximum atomic E-state index is 13.6. The van der Waals surface area contributed by atoms with Gasteiger partial charge < -0.3 is 24.1 Å². The Morgan fingerprint density at radius 1 is 0.979 bits per heavy atom. The third-order valence-corrected chi connectivity index (χ3v) is 14.5. The van der Waals surface area contributed by atoms with Crippen LogP contribution in [0.15, 0.2) is 59.1 Å². The van der Waals surface area contributed by atoms with Crippen LogP contribution in [0.3, 0.4) is 0 Å². The molecule has 48 heavy (non-hydrogen) atoms. The zero-order chi connectivity index (χ0) is 35.4. The van der Waals surface area contributed by atoms with E-state index in [-0.39, 0.29) is 59.9 Å². The lowest BCUT2D eigenvalue weighted by Crippen LogP contribution is -2.63. The van der Waals surface area contributed by atoms with Gasteiger partial charge in [-0.15, -0.1) is 11.8 Å². The minimum absolute atomic E-state index is 0.0501. The van der Waals surface area contributed by atoms with Crippen molar-refractivity contribution >= 4 is 49.4 Å². The minimum Gasteiger partial charge on any atom is -0.456 e. The van der Waals surface area contributed by atoms with Gasteiger partial charge >= 0.3 is 12.1 Å². The molecule has 2 aromatic carbocycles. The van der Waals surface area contributed by atoms with Crippen molar-refractivity contribution in [2.75, 3.05) is 12.3 Å². The van der Waals surface area contributed by atoms with Gasteiger partial charge in [0.05, 0.1) is 27.9 Å². The number of alkyl carbamates (subject to hydrolysis) is 1. The van der Waals surface area contributed by atoms with Crippen LogP contribution in [0.4, 0.5) is 16.2 Å². The summed E-state index contributed by atoms with van der Waals surface area (Å²) < 4.78 is 17.3. The number of carbonyl (C=O) groups excluding carboxylic acids is 3. The zero-order valence-electron chi connectivity index (χ0n) is 27.7. The molecule has 16 heteroatoms. The van der Waals surface area contributed by atoms with Gasteiger partial charge in [-0.2, -0.15) is 0 Å². The number of benzene rings is 2. The normalized spacial score (nSPS) is 18.1. The number of thioether (sulfide) groups is 1. The number of ether oxygens (including phenoxy) is 2. The molecule has 1 fully saturated rings. The maximum absolute atomic E-state index is 13.6. The van der Waals surface area contributed by atoms with E-state index in [1.54, 1.807) is 0 Å². The second-order valence-corrected chi connectivity index (χ2v) is 19.1. The minimum atomic E-state index is -2.18. The van der Waals surface area contributed by atoms with Gasteiger partial charge in [0.1, 0.15) is 18.9 Å². The molecule has 0 bridgehead atoms. The summed E-state index contributed by atoms with van der Waals surface area (Å²) in [5.74, 6) is -0.950. The second-order valence-electron chi connectivity index (χ2n) is 13.1. The van der Waals surface area contributed by atoms with Gasteiger partial charge in [-0.1, -0.05) is 20.8 Å². The Balaban J connectivity index is 1.39. The van der Waals surface area contributed by atoms with Gasteiger partial charge in [-0.25, -0.2) is 9.59 Å². The summed E-state index contributed by atoms with van der Waals surface area (Å²) in [6, 6.07) is 11.1. The molecule has 1 saturated heterocycles. The predicted molar refractivity (Wildman–Crippen MR) is 180 cm³/mol. The average Bonchev–Trinajstić information content (AvgIpc) is 3.34. The Kier molecular flexibility index (Phi) is 11.3. The first kappa shape index (κ1) is 36.6. The molecule has 0 aromatic heterocycles. The third kappa shape index (κ3) is 8.40. The summed E-state index contributed by atoms with van der Waals surface area (Å²) in [4.78, 5) is 62.2. The number of rotatable bonds is 14. The number of nitro groups is 2. The Morgan fingerprint density at radius 3 is 2.00 bits per heavy atom. The molecule has 0 aliphatic carbocycles. The van der Waals surface area contributed by atoms with E-state index < -0.39 is 36.1 Å². The first-order valence-corrected chi connectivity index (χ1v) is 19.3. The molecule has 0 spiro atoms. The highest BCUT2D eigenvalue weighted by Gasteiger charge is 2.58. The lowest BCUT2D eigenvalue weighted by atomic mass is 9.83. The van der Waals surface area contributed by atoms with Crippen LogP contribution in [0.2, 0.25) is 18.1 Å². The number of nitrogens with one attached hydrogen (secondary N) is 1. The summed E-state index contributed by atoms with van der Waals surface area (Å²) in [5, 5.41) is 24.4. The molecule has 2 amide bonds. The van der Waals surface area contributed by atoms with E-state index in [4.69, 9.17) is 13.9 Å². The molecular formula is C32H40N4O10SSi. The van der Waals surface area contributed by atoms with Crippen LogP contribution in [-0.4, -0.2) is 65.5 Å². The fraction of sp³-hybridized carbons (Fsp3) is 0.469. The van der Waals surface area contributed by atoms with Crippen molar-refractivity contribution in [2.24, 2.45) is 5.92 Å². The van der Waals surface area contributed by atoms with Gasteiger partial charge in [0, 0.05) is 47.9 Å². The number of carbonyl (C=O) groups is 3. The Labute approximate surface area is 283 Å². The number of nitro benzene ring substituents is 2. The monoisotopic (exact) mass is 700 g/mol. The molecule has 3 atom stereocenters. The van der Waals surface area contributed by atoms with Gasteiger partial charge in [0.2, 0.25) is 5.91 Å². The number of hydrogen-bond acceptors (Lipinski definition) is 11. The van der Waals surface area contributed by atoms with Crippen LogP contribution in [0.1, 0.15) is 45.2 Å². The summed E-state index contributed by atoms with van der Waals surface area (Å²) in [5.41, 5.74) is 1.16. The van der Waals surface area contributed by atoms with Crippen LogP contribution in [0.25, 0.3) is 0 Å². The van der Waals surface area contributed by atoms with E-state index in [0.717, 1.165) is 0 Å². The van der Waals surface area contributed by atoms with Crippen LogP contribution < -0.4 is 5.32 Å². The van der Waals surface area contributed by atoms with Crippen LogP contribution >= 0.6 is 11.8 Å². The highest BCUT2D eigenvalue weighted by molar-refractivity contribution is 8.03. The smallest absolute Gasteiger partial charge is 0.407 e. The quantitative estimate of drug-likeness (QED) is 0.0604. The van der Waals surface area contributed by atoms with Crippen molar-refractivity contribution in [1.82, 2.24) is 10.2 Å². The fourth-order valence-electron chi connectivity index (χ4n) is 5.22. The van der Waals surface area contributed by atoms with Gasteiger partial charge in [-0.3, -0.25) is 25.0 Å². The molecule has 2 aliphatic rings. The molecule has 1 N–H and O–H groups in total. The molecule has 2 heterocycles. The molecule has 14 nitrogen and oxygen atoms in total. The SMILES string of the molecule is C[C@@H](O[Si](C)(C)C(C)(C)C)[C@H]1C(=O)N2C(C(=O)OCc3ccc([N+](=O)[O-])cc3)=C(SCCNC(=O)OCc3ccc([N+](=O)[O-])cc3)C[C@H]12. The highest BCUT2D eigenvalue weighted by atomic mass is 32.2. The number of nitrogens with zero attached hydrogens (tertiary/aromatic N) is 3. The van der Waals surface area contributed by atoms with Crippen molar-refractivity contribution in [3.8, 4) is 0 Å². The Morgan fingerprint density at radius 2 is 1.50 bits per heavy atom. The molecule has 0 unspecified atom stereocenters. The molecule has 258 valence electrons. The molecule has 4 rings (SSSR count). The summed E-state index contributed by atoms with van der Waals surface area (Å²) in [7, 11) is -2.18. The Bertz CT molecular complexity index is 1590. The summed E-state index contributed by atoms with van der Waals surface area (Å²) in [6.45, 7) is 12.5. The van der Waals surface area contributed by atoms with Crippen LogP contribution in [0, 0.1) is 26.1 Å². The fourth-order valence-corrected chi connectivity index (χ4v) is 7.71. The molecule has 0 radical (unpaired) electrons. The second kappa shape index (κ2) is 14.9. The Hall–Kier alpha value is -4.28. The van der Waals surface area contributed by atoms with Gasteiger partial charge in [0.25, 0.3) is 11.4 Å². The van der Waals surface area contributed by atoms with Crippen molar-refractivity contribution in [2.45, 2.75) is 77.6 Å². The van der Waals surface area contributed by atoms with E-state index in [9.17, 15) is 34.6 Å². The lowest BCUT2D eigenvalue weighted by molar-refractivity contribution is -0.385. The van der Waals surface area contributed by atoms with Crippen molar-refractivity contribution < 1.29 is 38.1 Å². The van der Waals surface area contributed by atoms with Gasteiger partial charge in [-0.05, 0) is 60.4 Å². The van der Waals surface area contributed by atoms with E-state index in [1.807, 2.05) is 6.92 Å². The van der Waals surface area contributed by atoms with Crippen LogP contribution in [-0.2, 0) is 36.7 Å². The summed E-state index contributed by atoms with van der Waals surface area (Å²) in [6.07, 6.45) is -0.597. The van der Waals surface area contributed by atoms with Crippen molar-refractivity contribution in [3.05, 3.63) is 90.5 Å². The average molecular weight is 701 g/mol. The largest absolute Gasteiger partial charge is 0.456 e. The highest BCUT2D eigenvalue weighted by Crippen LogP contribution is 2.49. The zero-order valence-corrected chi connectivity index (χ0v) is 29.5. The van der Waals surface area contributed by atoms with Crippen molar-refractivity contribution in [3.63, 3.8) is 0 Å². The number of hydrogen-bond donors (Lipinski definition) is 1. The third-order valence-electron chi connectivity index (χ3n) is 8.84. The predicted octanol–water partition coefficient (Wildman–Crippen LogP) is 6.06. The summed E-state index contributed by atoms with van der Waals surface area (Å²) >= 11 is 1.33. The molecule has 2 aromatic rings. The number of amides is 2.